The van der Waals surface area contributed by atoms with E-state index < -0.39 is 0 Å². The first-order valence-corrected chi connectivity index (χ1v) is 11.0. The van der Waals surface area contributed by atoms with Crippen LogP contribution >= 0.6 is 12.2 Å². The van der Waals surface area contributed by atoms with E-state index in [1.165, 1.54) is 4.57 Å². The Morgan fingerprint density at radius 2 is 1.76 bits per heavy atom. The Labute approximate surface area is 194 Å². The van der Waals surface area contributed by atoms with Crippen molar-refractivity contribution in [3.05, 3.63) is 99.0 Å². The molecule has 1 unspecified atom stereocenters. The number of carbonyl (C=O) groups is 1. The summed E-state index contributed by atoms with van der Waals surface area (Å²) in [4.78, 5) is 28.5. The molecule has 33 heavy (non-hydrogen) atoms. The smallest absolute Gasteiger partial charge is 0.262 e. The summed E-state index contributed by atoms with van der Waals surface area (Å²) in [7, 11) is 0. The van der Waals surface area contributed by atoms with Gasteiger partial charge >= 0.3 is 0 Å². The van der Waals surface area contributed by atoms with Crippen molar-refractivity contribution in [3.63, 3.8) is 0 Å². The number of ether oxygens (including phenoxy) is 2. The van der Waals surface area contributed by atoms with E-state index in [4.69, 9.17) is 21.7 Å². The van der Waals surface area contributed by atoms with Crippen LogP contribution in [0.3, 0.4) is 0 Å². The molecule has 2 heterocycles. The SMILES string of the molecule is O=C(NCC1COc2ccccc2O1)c1ccc(Cn2c(=S)[nH]c3ccccc3c2=O)cc1. The number of carbonyl (C=O) groups excluding carboxylic acids is 1. The molecule has 3 aromatic carbocycles. The van der Waals surface area contributed by atoms with E-state index in [2.05, 4.69) is 10.3 Å². The minimum absolute atomic E-state index is 0.146. The lowest BCUT2D eigenvalue weighted by atomic mass is 10.1. The van der Waals surface area contributed by atoms with E-state index >= 15 is 0 Å². The molecule has 4 aromatic rings. The van der Waals surface area contributed by atoms with Crippen molar-refractivity contribution in [2.75, 3.05) is 13.2 Å². The average molecular weight is 460 g/mol. The van der Waals surface area contributed by atoms with Gasteiger partial charge < -0.3 is 19.8 Å². The van der Waals surface area contributed by atoms with Crippen molar-refractivity contribution < 1.29 is 14.3 Å². The zero-order valence-corrected chi connectivity index (χ0v) is 18.4. The lowest BCUT2D eigenvalue weighted by Gasteiger charge is -2.26. The molecule has 1 aliphatic heterocycles. The van der Waals surface area contributed by atoms with Crippen LogP contribution in [-0.2, 0) is 6.54 Å². The van der Waals surface area contributed by atoms with E-state index in [-0.39, 0.29) is 17.6 Å². The van der Waals surface area contributed by atoms with Crippen LogP contribution in [0.5, 0.6) is 11.5 Å². The van der Waals surface area contributed by atoms with Gasteiger partial charge in [-0.05, 0) is 54.2 Å². The summed E-state index contributed by atoms with van der Waals surface area (Å²) < 4.78 is 13.4. The molecule has 0 radical (unpaired) electrons. The molecule has 166 valence electrons. The van der Waals surface area contributed by atoms with Crippen molar-refractivity contribution >= 4 is 29.0 Å². The van der Waals surface area contributed by atoms with E-state index in [0.717, 1.165) is 5.56 Å². The van der Waals surface area contributed by atoms with Gasteiger partial charge in [0.05, 0.1) is 24.0 Å². The monoisotopic (exact) mass is 459 g/mol. The van der Waals surface area contributed by atoms with Gasteiger partial charge in [0, 0.05) is 5.56 Å². The Hall–Kier alpha value is -3.91. The van der Waals surface area contributed by atoms with Crippen LogP contribution in [0.1, 0.15) is 15.9 Å². The van der Waals surface area contributed by atoms with Crippen LogP contribution in [0.25, 0.3) is 10.9 Å². The third-order valence-electron chi connectivity index (χ3n) is 5.50. The number of aromatic nitrogens is 2. The van der Waals surface area contributed by atoms with E-state index in [1.807, 2.05) is 54.6 Å². The Morgan fingerprint density at radius 3 is 2.58 bits per heavy atom. The topological polar surface area (TPSA) is 85.3 Å². The Morgan fingerprint density at radius 1 is 1.03 bits per heavy atom. The van der Waals surface area contributed by atoms with Crippen LogP contribution in [0.2, 0.25) is 0 Å². The number of nitrogens with zero attached hydrogens (tertiary/aromatic N) is 1. The minimum atomic E-state index is -0.260. The zero-order valence-electron chi connectivity index (χ0n) is 17.6. The van der Waals surface area contributed by atoms with Crippen molar-refractivity contribution in [2.24, 2.45) is 0 Å². The van der Waals surface area contributed by atoms with Gasteiger partial charge in [-0.25, -0.2) is 0 Å². The Kier molecular flexibility index (Phi) is 5.66. The summed E-state index contributed by atoms with van der Waals surface area (Å²) in [6.07, 6.45) is -0.260. The highest BCUT2D eigenvalue weighted by atomic mass is 32.1. The van der Waals surface area contributed by atoms with Crippen molar-refractivity contribution in [1.82, 2.24) is 14.9 Å². The summed E-state index contributed by atoms with van der Waals surface area (Å²) in [5.74, 6) is 1.18. The van der Waals surface area contributed by atoms with Crippen molar-refractivity contribution in [2.45, 2.75) is 12.6 Å². The zero-order chi connectivity index (χ0) is 22.8. The summed E-state index contributed by atoms with van der Waals surface area (Å²) in [5, 5.41) is 3.47. The van der Waals surface area contributed by atoms with Gasteiger partial charge in [-0.2, -0.15) is 0 Å². The molecule has 0 spiro atoms. The number of benzene rings is 3. The van der Waals surface area contributed by atoms with Crippen molar-refractivity contribution in [3.8, 4) is 11.5 Å². The summed E-state index contributed by atoms with van der Waals surface area (Å²) >= 11 is 5.38. The number of rotatable bonds is 5. The molecular weight excluding hydrogens is 438 g/mol. The maximum atomic E-state index is 12.8. The standard InChI is InChI=1S/C25H21N3O4S/c29-23(26-13-18-15-31-21-7-3-4-8-22(21)32-18)17-11-9-16(10-12-17)14-28-24(30)19-5-1-2-6-20(19)27-25(28)33/h1-12,18H,13-15H2,(H,26,29)(H,27,33). The second-order valence-electron chi connectivity index (χ2n) is 7.77. The number of hydrogen-bond acceptors (Lipinski definition) is 5. The predicted molar refractivity (Wildman–Crippen MR) is 128 cm³/mol. The third kappa shape index (κ3) is 4.38. The maximum absolute atomic E-state index is 12.8. The van der Waals surface area contributed by atoms with Gasteiger partial charge in [-0.1, -0.05) is 36.4 Å². The molecule has 0 aliphatic carbocycles. The highest BCUT2D eigenvalue weighted by molar-refractivity contribution is 7.71. The molecule has 7 nitrogen and oxygen atoms in total. The van der Waals surface area contributed by atoms with Crippen LogP contribution in [0.15, 0.2) is 77.6 Å². The van der Waals surface area contributed by atoms with Crippen LogP contribution in [0, 0.1) is 4.77 Å². The van der Waals surface area contributed by atoms with Crippen molar-refractivity contribution in [1.29, 1.82) is 0 Å². The second kappa shape index (κ2) is 8.91. The number of H-pyrrole nitrogens is 1. The van der Waals surface area contributed by atoms with Gasteiger partial charge in [-0.3, -0.25) is 14.2 Å². The molecular formula is C25H21N3O4S. The van der Waals surface area contributed by atoms with Gasteiger partial charge in [0.1, 0.15) is 12.7 Å². The highest BCUT2D eigenvalue weighted by Crippen LogP contribution is 2.30. The Bertz CT molecular complexity index is 1440. The van der Waals surface area contributed by atoms with E-state index in [0.29, 0.717) is 52.4 Å². The fraction of sp³-hybridized carbons (Fsp3) is 0.160. The molecule has 0 saturated heterocycles. The van der Waals surface area contributed by atoms with Crippen LogP contribution in [-0.4, -0.2) is 34.7 Å². The number of fused-ring (bicyclic) bond motifs is 2. The molecule has 1 aliphatic rings. The molecule has 1 aromatic heterocycles. The summed E-state index contributed by atoms with van der Waals surface area (Å²) in [5.41, 5.74) is 1.95. The quantitative estimate of drug-likeness (QED) is 0.445. The molecule has 2 N–H and O–H groups in total. The number of nitrogens with one attached hydrogen (secondary N) is 2. The highest BCUT2D eigenvalue weighted by Gasteiger charge is 2.21. The van der Waals surface area contributed by atoms with Gasteiger partial charge in [0.25, 0.3) is 11.5 Å². The lowest BCUT2D eigenvalue weighted by molar-refractivity contribution is 0.0789. The first kappa shape index (κ1) is 21.0. The molecule has 1 atom stereocenters. The first-order valence-electron chi connectivity index (χ1n) is 10.6. The van der Waals surface area contributed by atoms with Gasteiger partial charge in [0.15, 0.2) is 16.3 Å². The Balaban J connectivity index is 1.24. The molecule has 0 saturated carbocycles. The first-order chi connectivity index (χ1) is 16.1. The summed E-state index contributed by atoms with van der Waals surface area (Å²) in [6, 6.07) is 21.8. The van der Waals surface area contributed by atoms with E-state index in [1.54, 1.807) is 18.2 Å². The average Bonchev–Trinajstić information content (AvgIpc) is 2.85. The van der Waals surface area contributed by atoms with E-state index in [9.17, 15) is 9.59 Å². The summed E-state index contributed by atoms with van der Waals surface area (Å²) in [6.45, 7) is 1.02. The van der Waals surface area contributed by atoms with Crippen LogP contribution in [0.4, 0.5) is 0 Å². The predicted octanol–water partition coefficient (Wildman–Crippen LogP) is 3.68. The largest absolute Gasteiger partial charge is 0.486 e. The number of aromatic amines is 1. The van der Waals surface area contributed by atoms with Gasteiger partial charge in [0.2, 0.25) is 0 Å². The number of para-hydroxylation sites is 3. The number of hydrogen-bond donors (Lipinski definition) is 2. The lowest BCUT2D eigenvalue weighted by Crippen LogP contribution is -2.40. The second-order valence-corrected chi connectivity index (χ2v) is 8.16. The molecule has 8 heteroatoms. The molecule has 1 amide bonds. The normalized spacial score (nSPS) is 14.7. The van der Waals surface area contributed by atoms with Gasteiger partial charge in [-0.15, -0.1) is 0 Å². The molecule has 0 fully saturated rings. The van der Waals surface area contributed by atoms with Crippen LogP contribution < -0.4 is 20.3 Å². The molecule has 0 bridgehead atoms. The minimum Gasteiger partial charge on any atom is -0.486 e. The fourth-order valence-corrected chi connectivity index (χ4v) is 4.02. The molecule has 5 rings (SSSR count). The fourth-order valence-electron chi connectivity index (χ4n) is 3.76. The number of amides is 1. The third-order valence-corrected chi connectivity index (χ3v) is 5.83. The maximum Gasteiger partial charge on any atom is 0.262 e.